The van der Waals surface area contributed by atoms with E-state index in [1.807, 2.05) is 0 Å². The number of methoxy groups -OCH3 is 2. The van der Waals surface area contributed by atoms with Crippen LogP contribution in [0.1, 0.15) is 17.2 Å². The Labute approximate surface area is 132 Å². The van der Waals surface area contributed by atoms with Gasteiger partial charge in [0.1, 0.15) is 5.82 Å². The highest BCUT2D eigenvalue weighted by Gasteiger charge is 2.18. The van der Waals surface area contributed by atoms with Crippen molar-refractivity contribution in [3.05, 3.63) is 45.6 Å². The minimum Gasteiger partial charge on any atom is -0.493 e. The topological polar surface area (TPSA) is 83.4 Å². The van der Waals surface area contributed by atoms with Gasteiger partial charge in [-0.3, -0.25) is 0 Å². The van der Waals surface area contributed by atoms with Crippen LogP contribution in [-0.2, 0) is 0 Å². The highest BCUT2D eigenvalue weighted by Crippen LogP contribution is 2.39. The Hall–Kier alpha value is -1.69. The fourth-order valence-corrected chi connectivity index (χ4v) is 2.47. The number of nitrogens with zero attached hydrogens (tertiary/aromatic N) is 1. The van der Waals surface area contributed by atoms with Gasteiger partial charge >= 0.3 is 0 Å². The van der Waals surface area contributed by atoms with Crippen molar-refractivity contribution in [1.29, 1.82) is 0 Å². The van der Waals surface area contributed by atoms with Gasteiger partial charge in [-0.25, -0.2) is 4.98 Å². The summed E-state index contributed by atoms with van der Waals surface area (Å²) in [5.41, 5.74) is 13.4. The SMILES string of the molecule is COc1cc(C(N)c2cc(Cl)cnc2N)cc(Cl)c1OC. The zero-order valence-corrected chi connectivity index (χ0v) is 13.1. The zero-order chi connectivity index (χ0) is 15.6. The van der Waals surface area contributed by atoms with Gasteiger partial charge in [0.25, 0.3) is 0 Å². The van der Waals surface area contributed by atoms with Gasteiger partial charge in [-0.2, -0.15) is 0 Å². The number of nitrogen functional groups attached to an aromatic ring is 1. The first-order valence-electron chi connectivity index (χ1n) is 6.05. The van der Waals surface area contributed by atoms with Crippen LogP contribution < -0.4 is 20.9 Å². The molecule has 0 saturated heterocycles. The minimum absolute atomic E-state index is 0.317. The third kappa shape index (κ3) is 3.15. The van der Waals surface area contributed by atoms with Crippen molar-refractivity contribution in [2.45, 2.75) is 6.04 Å². The average molecular weight is 328 g/mol. The number of hydrogen-bond donors (Lipinski definition) is 2. The van der Waals surface area contributed by atoms with Gasteiger partial charge in [-0.1, -0.05) is 23.2 Å². The lowest BCUT2D eigenvalue weighted by molar-refractivity contribution is 0.354. The van der Waals surface area contributed by atoms with E-state index in [1.54, 1.807) is 18.2 Å². The van der Waals surface area contributed by atoms with Crippen LogP contribution in [-0.4, -0.2) is 19.2 Å². The van der Waals surface area contributed by atoms with Crippen LogP contribution in [0.3, 0.4) is 0 Å². The third-order valence-corrected chi connectivity index (χ3v) is 3.55. The summed E-state index contributed by atoms with van der Waals surface area (Å²) in [5.74, 6) is 1.26. The second-order valence-electron chi connectivity index (χ2n) is 4.34. The van der Waals surface area contributed by atoms with Crippen LogP contribution in [0.5, 0.6) is 11.5 Å². The van der Waals surface area contributed by atoms with Crippen LogP contribution in [0, 0.1) is 0 Å². The molecule has 1 atom stereocenters. The first kappa shape index (κ1) is 15.7. The molecule has 7 heteroatoms. The number of ether oxygens (including phenoxy) is 2. The number of benzene rings is 1. The predicted octanol–water partition coefficient (Wildman–Crippen LogP) is 3.04. The van der Waals surface area contributed by atoms with E-state index in [0.717, 1.165) is 0 Å². The largest absolute Gasteiger partial charge is 0.493 e. The molecule has 0 radical (unpaired) electrons. The Kier molecular flexibility index (Phi) is 4.77. The van der Waals surface area contributed by atoms with Gasteiger partial charge in [0, 0.05) is 11.8 Å². The monoisotopic (exact) mass is 327 g/mol. The zero-order valence-electron chi connectivity index (χ0n) is 11.6. The van der Waals surface area contributed by atoms with E-state index < -0.39 is 6.04 Å². The van der Waals surface area contributed by atoms with Gasteiger partial charge < -0.3 is 20.9 Å². The molecule has 0 saturated carbocycles. The molecule has 0 amide bonds. The number of pyridine rings is 1. The van der Waals surface area contributed by atoms with Gasteiger partial charge in [0.15, 0.2) is 11.5 Å². The summed E-state index contributed by atoms with van der Waals surface area (Å²) < 4.78 is 10.5. The van der Waals surface area contributed by atoms with Crippen molar-refractivity contribution in [2.75, 3.05) is 20.0 Å². The van der Waals surface area contributed by atoms with E-state index in [1.165, 1.54) is 20.4 Å². The molecule has 0 aliphatic heterocycles. The first-order chi connectivity index (χ1) is 9.97. The Morgan fingerprint density at radius 1 is 1.14 bits per heavy atom. The molecule has 112 valence electrons. The van der Waals surface area contributed by atoms with Crippen LogP contribution in [0.15, 0.2) is 24.4 Å². The number of halogens is 2. The van der Waals surface area contributed by atoms with Crippen LogP contribution in [0.25, 0.3) is 0 Å². The maximum absolute atomic E-state index is 6.24. The normalized spacial score (nSPS) is 12.0. The van der Waals surface area contributed by atoms with E-state index in [2.05, 4.69) is 4.98 Å². The average Bonchev–Trinajstić information content (AvgIpc) is 2.48. The summed E-state index contributed by atoms with van der Waals surface area (Å²) in [4.78, 5) is 4.00. The lowest BCUT2D eigenvalue weighted by atomic mass is 9.99. The predicted molar refractivity (Wildman–Crippen MR) is 84.2 cm³/mol. The van der Waals surface area contributed by atoms with E-state index in [9.17, 15) is 0 Å². The second-order valence-corrected chi connectivity index (χ2v) is 5.19. The van der Waals surface area contributed by atoms with Crippen LogP contribution in [0.4, 0.5) is 5.82 Å². The molecule has 1 aromatic carbocycles. The van der Waals surface area contributed by atoms with Crippen molar-refractivity contribution >= 4 is 29.0 Å². The van der Waals surface area contributed by atoms with Crippen molar-refractivity contribution in [3.8, 4) is 11.5 Å². The standard InChI is InChI=1S/C14H15Cl2N3O2/c1-20-11-4-7(3-10(16)13(11)21-2)12(17)9-5-8(15)6-19-14(9)18/h3-6,12H,17H2,1-2H3,(H2,18,19). The molecule has 1 heterocycles. The lowest BCUT2D eigenvalue weighted by Crippen LogP contribution is -2.15. The summed E-state index contributed by atoms with van der Waals surface area (Å²) in [6, 6.07) is 4.59. The number of rotatable bonds is 4. The number of nitrogens with two attached hydrogens (primary N) is 2. The molecule has 4 N–H and O–H groups in total. The Morgan fingerprint density at radius 3 is 2.48 bits per heavy atom. The summed E-state index contributed by atoms with van der Waals surface area (Å²) in [6.07, 6.45) is 1.47. The molecule has 0 spiro atoms. The summed E-state index contributed by atoms with van der Waals surface area (Å²) in [5, 5.41) is 0.858. The molecule has 2 rings (SSSR count). The molecule has 1 aromatic heterocycles. The van der Waals surface area contributed by atoms with E-state index in [4.69, 9.17) is 44.1 Å². The van der Waals surface area contributed by atoms with Gasteiger partial charge in [-0.05, 0) is 23.8 Å². The Bertz CT molecular complexity index is 665. The summed E-state index contributed by atoms with van der Waals surface area (Å²) >= 11 is 12.1. The molecule has 0 aliphatic rings. The number of hydrogen-bond acceptors (Lipinski definition) is 5. The molecule has 2 aromatic rings. The molecule has 1 unspecified atom stereocenters. The van der Waals surface area contributed by atoms with Crippen LogP contribution >= 0.6 is 23.2 Å². The van der Waals surface area contributed by atoms with E-state index >= 15 is 0 Å². The maximum Gasteiger partial charge on any atom is 0.179 e. The lowest BCUT2D eigenvalue weighted by Gasteiger charge is -2.17. The Balaban J connectivity index is 2.50. The third-order valence-electron chi connectivity index (χ3n) is 3.07. The first-order valence-corrected chi connectivity index (χ1v) is 6.81. The van der Waals surface area contributed by atoms with Crippen molar-refractivity contribution in [1.82, 2.24) is 4.98 Å². The van der Waals surface area contributed by atoms with E-state index in [-0.39, 0.29) is 0 Å². The fourth-order valence-electron chi connectivity index (χ4n) is 2.01. The summed E-state index contributed by atoms with van der Waals surface area (Å²) in [7, 11) is 3.04. The van der Waals surface area contributed by atoms with Crippen molar-refractivity contribution in [2.24, 2.45) is 5.73 Å². The van der Waals surface area contributed by atoms with Crippen molar-refractivity contribution < 1.29 is 9.47 Å². The van der Waals surface area contributed by atoms with E-state index in [0.29, 0.717) is 38.5 Å². The quantitative estimate of drug-likeness (QED) is 0.901. The second kappa shape index (κ2) is 6.39. The van der Waals surface area contributed by atoms with Gasteiger partial charge in [0.05, 0.1) is 30.3 Å². The van der Waals surface area contributed by atoms with Gasteiger partial charge in [0.2, 0.25) is 0 Å². The van der Waals surface area contributed by atoms with Crippen LogP contribution in [0.2, 0.25) is 10.0 Å². The minimum atomic E-state index is -0.534. The number of anilines is 1. The maximum atomic E-state index is 6.24. The molecule has 21 heavy (non-hydrogen) atoms. The summed E-state index contributed by atoms with van der Waals surface area (Å²) in [6.45, 7) is 0. The molecular weight excluding hydrogens is 313 g/mol. The fraction of sp³-hybridized carbons (Fsp3) is 0.214. The van der Waals surface area contributed by atoms with Crippen molar-refractivity contribution in [3.63, 3.8) is 0 Å². The number of aromatic nitrogens is 1. The Morgan fingerprint density at radius 2 is 1.86 bits per heavy atom. The molecule has 0 fully saturated rings. The smallest absolute Gasteiger partial charge is 0.179 e. The molecule has 5 nitrogen and oxygen atoms in total. The highest BCUT2D eigenvalue weighted by molar-refractivity contribution is 6.32. The molecule has 0 aliphatic carbocycles. The molecular formula is C14H15Cl2N3O2. The molecule has 0 bridgehead atoms. The van der Waals surface area contributed by atoms with Gasteiger partial charge in [-0.15, -0.1) is 0 Å². The highest BCUT2D eigenvalue weighted by atomic mass is 35.5.